The zero-order valence-corrected chi connectivity index (χ0v) is 13.2. The largest absolute Gasteiger partial charge is 0.326 e. The molecule has 114 valence electrons. The number of rotatable bonds is 3. The molecule has 0 spiro atoms. The summed E-state index contributed by atoms with van der Waals surface area (Å²) in [6.07, 6.45) is 5.86. The van der Waals surface area contributed by atoms with E-state index in [4.69, 9.17) is 0 Å². The van der Waals surface area contributed by atoms with E-state index in [1.807, 2.05) is 0 Å². The van der Waals surface area contributed by atoms with Crippen molar-refractivity contribution in [1.29, 1.82) is 0 Å². The average molecular weight is 307 g/mol. The molecule has 1 aromatic rings. The highest BCUT2D eigenvalue weighted by Crippen LogP contribution is 2.48. The Kier molecular flexibility index (Phi) is 3.56. The highest BCUT2D eigenvalue weighted by Gasteiger charge is 2.43. The van der Waals surface area contributed by atoms with Crippen LogP contribution in [0.1, 0.15) is 31.2 Å². The van der Waals surface area contributed by atoms with E-state index < -0.39 is 9.84 Å². The minimum absolute atomic E-state index is 0.0914. The maximum atomic E-state index is 12.4. The normalized spacial score (nSPS) is 27.8. The lowest BCUT2D eigenvalue weighted by atomic mass is 9.88. The van der Waals surface area contributed by atoms with Gasteiger partial charge in [0.15, 0.2) is 9.84 Å². The van der Waals surface area contributed by atoms with E-state index >= 15 is 0 Å². The molecule has 2 fully saturated rings. The summed E-state index contributed by atoms with van der Waals surface area (Å²) < 4.78 is 23.2. The first-order chi connectivity index (χ1) is 9.84. The van der Waals surface area contributed by atoms with Gasteiger partial charge in [0.2, 0.25) is 5.91 Å². The summed E-state index contributed by atoms with van der Waals surface area (Å²) >= 11 is 0. The molecule has 21 heavy (non-hydrogen) atoms. The Morgan fingerprint density at radius 2 is 2.00 bits per heavy atom. The number of sulfone groups is 1. The molecule has 2 aliphatic carbocycles. The van der Waals surface area contributed by atoms with Crippen LogP contribution in [0.3, 0.4) is 0 Å². The van der Waals surface area contributed by atoms with Gasteiger partial charge in [0, 0.05) is 17.9 Å². The Morgan fingerprint density at radius 1 is 1.24 bits per heavy atom. The molecule has 1 N–H and O–H groups in total. The molecule has 2 bridgehead atoms. The van der Waals surface area contributed by atoms with Crippen LogP contribution in [0.5, 0.6) is 0 Å². The van der Waals surface area contributed by atoms with Crippen LogP contribution in [-0.4, -0.2) is 20.6 Å². The Hall–Kier alpha value is -1.36. The molecule has 3 atom stereocenters. The topological polar surface area (TPSA) is 63.2 Å². The van der Waals surface area contributed by atoms with Crippen molar-refractivity contribution < 1.29 is 13.2 Å². The van der Waals surface area contributed by atoms with Crippen LogP contribution in [-0.2, 0) is 14.6 Å². The van der Waals surface area contributed by atoms with Gasteiger partial charge in [0.25, 0.3) is 0 Å². The number of benzene rings is 1. The van der Waals surface area contributed by atoms with Crippen LogP contribution < -0.4 is 5.32 Å². The van der Waals surface area contributed by atoms with Crippen molar-refractivity contribution in [2.75, 3.05) is 11.6 Å². The number of carbonyl (C=O) groups excluding carboxylic acids is 1. The zero-order chi connectivity index (χ0) is 15.2. The Morgan fingerprint density at radius 3 is 2.52 bits per heavy atom. The van der Waals surface area contributed by atoms with Gasteiger partial charge < -0.3 is 5.32 Å². The molecule has 4 nitrogen and oxygen atoms in total. The second-order valence-corrected chi connectivity index (χ2v) is 8.51. The first-order valence-electron chi connectivity index (χ1n) is 7.46. The lowest BCUT2D eigenvalue weighted by molar-refractivity contribution is -0.121. The summed E-state index contributed by atoms with van der Waals surface area (Å²) in [6.45, 7) is 1.75. The van der Waals surface area contributed by atoms with Gasteiger partial charge in [0.05, 0.1) is 4.90 Å². The van der Waals surface area contributed by atoms with E-state index in [9.17, 15) is 13.2 Å². The fourth-order valence-corrected chi connectivity index (χ4v) is 4.90. The number of nitrogens with one attached hydrogen (secondary N) is 1. The van der Waals surface area contributed by atoms with Crippen molar-refractivity contribution in [2.45, 2.75) is 37.5 Å². The maximum absolute atomic E-state index is 12.4. The number of carbonyl (C=O) groups is 1. The summed E-state index contributed by atoms with van der Waals surface area (Å²) in [6, 6.07) is 4.98. The summed E-state index contributed by atoms with van der Waals surface area (Å²) in [5.74, 6) is 1.51. The molecule has 0 aliphatic heterocycles. The van der Waals surface area contributed by atoms with Crippen molar-refractivity contribution in [3.63, 3.8) is 0 Å². The van der Waals surface area contributed by atoms with Crippen molar-refractivity contribution in [3.8, 4) is 0 Å². The molecular weight excluding hydrogens is 286 g/mol. The van der Waals surface area contributed by atoms with E-state index in [0.717, 1.165) is 12.3 Å². The van der Waals surface area contributed by atoms with Crippen molar-refractivity contribution in [2.24, 2.45) is 17.8 Å². The fraction of sp³-hybridized carbons (Fsp3) is 0.562. The van der Waals surface area contributed by atoms with Crippen LogP contribution in [0.15, 0.2) is 23.1 Å². The van der Waals surface area contributed by atoms with Crippen molar-refractivity contribution >= 4 is 21.4 Å². The van der Waals surface area contributed by atoms with Crippen molar-refractivity contribution in [3.05, 3.63) is 23.8 Å². The number of fused-ring (bicyclic) bond motifs is 2. The number of hydrogen-bond donors (Lipinski definition) is 1. The fourth-order valence-electron chi connectivity index (χ4n) is 3.94. The van der Waals surface area contributed by atoms with Gasteiger partial charge in [-0.2, -0.15) is 0 Å². The van der Waals surface area contributed by atoms with Crippen LogP contribution in [0.25, 0.3) is 0 Å². The summed E-state index contributed by atoms with van der Waals surface area (Å²) in [7, 11) is -3.21. The van der Waals surface area contributed by atoms with Crippen molar-refractivity contribution in [1.82, 2.24) is 0 Å². The van der Waals surface area contributed by atoms with Crippen LogP contribution in [0.2, 0.25) is 0 Å². The minimum atomic E-state index is -3.21. The van der Waals surface area contributed by atoms with Crippen LogP contribution in [0.4, 0.5) is 5.69 Å². The molecule has 0 heterocycles. The van der Waals surface area contributed by atoms with Gasteiger partial charge in [-0.3, -0.25) is 4.79 Å². The molecule has 2 saturated carbocycles. The predicted molar refractivity (Wildman–Crippen MR) is 81.9 cm³/mol. The standard InChI is InChI=1S/C16H21NO3S/c1-10-7-13(5-6-15(10)21(2,19)20)17-16(18)14-9-11-3-4-12(14)8-11/h5-7,11-12,14H,3-4,8-9H2,1-2H3,(H,17,18)/t11-,12-,14+/m0/s1. The van der Waals surface area contributed by atoms with E-state index in [2.05, 4.69) is 5.32 Å². The third-order valence-corrected chi connectivity index (χ3v) is 6.17. The number of anilines is 1. The lowest BCUT2D eigenvalue weighted by Crippen LogP contribution is -2.27. The van der Waals surface area contributed by atoms with Gasteiger partial charge >= 0.3 is 0 Å². The second-order valence-electron chi connectivity index (χ2n) is 6.52. The summed E-state index contributed by atoms with van der Waals surface area (Å²) in [5.41, 5.74) is 1.36. The third-order valence-electron chi connectivity index (χ3n) is 4.92. The Bertz CT molecular complexity index is 681. The first-order valence-corrected chi connectivity index (χ1v) is 9.35. The van der Waals surface area contributed by atoms with Crippen LogP contribution >= 0.6 is 0 Å². The second kappa shape index (κ2) is 5.13. The first kappa shape index (κ1) is 14.6. The number of aryl methyl sites for hydroxylation is 1. The zero-order valence-electron chi connectivity index (χ0n) is 12.4. The SMILES string of the molecule is Cc1cc(NC(=O)[C@@H]2C[C@H]3CC[C@H]2C3)ccc1S(C)(=O)=O. The molecule has 2 aliphatic rings. The monoisotopic (exact) mass is 307 g/mol. The maximum Gasteiger partial charge on any atom is 0.227 e. The summed E-state index contributed by atoms with van der Waals surface area (Å²) in [5, 5.41) is 2.95. The van der Waals surface area contributed by atoms with Gasteiger partial charge in [-0.05, 0) is 61.8 Å². The molecule has 1 aromatic carbocycles. The van der Waals surface area contributed by atoms with Gasteiger partial charge in [0.1, 0.15) is 0 Å². The van der Waals surface area contributed by atoms with E-state index in [0.29, 0.717) is 22.1 Å². The molecule has 5 heteroatoms. The highest BCUT2D eigenvalue weighted by atomic mass is 32.2. The smallest absolute Gasteiger partial charge is 0.227 e. The molecule has 0 saturated heterocycles. The molecule has 0 aromatic heterocycles. The molecule has 0 radical (unpaired) electrons. The number of hydrogen-bond acceptors (Lipinski definition) is 3. The Labute approximate surface area is 125 Å². The highest BCUT2D eigenvalue weighted by molar-refractivity contribution is 7.90. The molecule has 0 unspecified atom stereocenters. The molecule has 1 amide bonds. The average Bonchev–Trinajstić information content (AvgIpc) is 2.99. The lowest BCUT2D eigenvalue weighted by Gasteiger charge is -2.21. The summed E-state index contributed by atoms with van der Waals surface area (Å²) in [4.78, 5) is 12.7. The van der Waals surface area contributed by atoms with Gasteiger partial charge in [-0.1, -0.05) is 6.42 Å². The molecular formula is C16H21NO3S. The van der Waals surface area contributed by atoms with Gasteiger partial charge in [-0.25, -0.2) is 8.42 Å². The van der Waals surface area contributed by atoms with E-state index in [1.165, 1.54) is 25.5 Å². The Balaban J connectivity index is 1.74. The van der Waals surface area contributed by atoms with E-state index in [-0.39, 0.29) is 11.8 Å². The molecule has 3 rings (SSSR count). The quantitative estimate of drug-likeness (QED) is 0.934. The van der Waals surface area contributed by atoms with Gasteiger partial charge in [-0.15, -0.1) is 0 Å². The minimum Gasteiger partial charge on any atom is -0.326 e. The van der Waals surface area contributed by atoms with E-state index in [1.54, 1.807) is 25.1 Å². The third kappa shape index (κ3) is 2.84. The van der Waals surface area contributed by atoms with Crippen LogP contribution in [0, 0.1) is 24.7 Å². The number of amides is 1. The predicted octanol–water partition coefficient (Wildman–Crippen LogP) is 2.77.